The Balaban J connectivity index is 0.000000697. The van der Waals surface area contributed by atoms with Gasteiger partial charge in [-0.25, -0.2) is 0 Å². The molecule has 1 aliphatic rings. The van der Waals surface area contributed by atoms with Crippen molar-refractivity contribution in [2.45, 2.75) is 56.1 Å². The molecule has 0 aromatic carbocycles. The second-order valence-electron chi connectivity index (χ2n) is 5.85. The first-order valence-electron chi connectivity index (χ1n) is 8.07. The average molecular weight is 423 g/mol. The van der Waals surface area contributed by atoms with Gasteiger partial charge in [-0.1, -0.05) is 6.92 Å². The van der Waals surface area contributed by atoms with Gasteiger partial charge in [-0.2, -0.15) is 0 Å². The summed E-state index contributed by atoms with van der Waals surface area (Å²) in [6.45, 7) is 2.55. The number of carboxylic acid groups (broad SMARTS) is 2. The Bertz CT molecular complexity index is 475. The Kier molecular flexibility index (Phi) is 12.1. The second kappa shape index (κ2) is 12.8. The second-order valence-corrected chi connectivity index (χ2v) is 6.61. The summed E-state index contributed by atoms with van der Waals surface area (Å²) in [6.07, 6.45) is 4.50. The third-order valence-corrected chi connectivity index (χ3v) is 4.45. The summed E-state index contributed by atoms with van der Waals surface area (Å²) in [5.41, 5.74) is 10.4. The van der Waals surface area contributed by atoms with Crippen LogP contribution in [-0.2, 0) is 14.4 Å². The number of amides is 1. The molecule has 0 saturated carbocycles. The zero-order valence-electron chi connectivity index (χ0n) is 14.3. The summed E-state index contributed by atoms with van der Waals surface area (Å²) >= 11 is 2.13. The number of carbonyl (C=O) groups excluding carboxylic acids is 1. The first kappa shape index (κ1) is 23.5. The van der Waals surface area contributed by atoms with Crippen molar-refractivity contribution in [3.63, 3.8) is 0 Å². The topological polar surface area (TPSA) is 168 Å². The first-order chi connectivity index (χ1) is 11.7. The van der Waals surface area contributed by atoms with Crippen molar-refractivity contribution in [3.05, 3.63) is 0 Å². The van der Waals surface area contributed by atoms with E-state index in [0.29, 0.717) is 24.7 Å². The zero-order chi connectivity index (χ0) is 19.4. The summed E-state index contributed by atoms with van der Waals surface area (Å²) in [5, 5.41) is 19.9. The molecule has 0 aromatic heterocycles. The molecule has 7 N–H and O–H groups in total. The first-order valence-corrected chi connectivity index (χ1v) is 9.40. The van der Waals surface area contributed by atoms with Gasteiger partial charge in [-0.3, -0.25) is 14.6 Å². The normalized spacial score (nSPS) is 21.0. The van der Waals surface area contributed by atoms with Gasteiger partial charge in [0.05, 0.1) is 0 Å². The number of rotatable bonds is 9. The molecule has 0 spiro atoms. The van der Waals surface area contributed by atoms with Crippen molar-refractivity contribution in [1.29, 1.82) is 0 Å². The van der Waals surface area contributed by atoms with Crippen molar-refractivity contribution in [3.8, 4) is 0 Å². The van der Waals surface area contributed by atoms with Crippen LogP contribution in [0.3, 0.4) is 0 Å². The molecule has 0 radical (unpaired) electrons. The van der Waals surface area contributed by atoms with Gasteiger partial charge in [0.1, 0.15) is 12.1 Å². The summed E-state index contributed by atoms with van der Waals surface area (Å²) in [7, 11) is 0. The van der Waals surface area contributed by atoms with Gasteiger partial charge < -0.3 is 16.2 Å². The summed E-state index contributed by atoms with van der Waals surface area (Å²) in [6, 6.07) is -1.77. The number of unbranched alkanes of at least 4 members (excludes halogenated alkanes) is 1. The fourth-order valence-electron chi connectivity index (χ4n) is 1.95. The van der Waals surface area contributed by atoms with E-state index in [0.717, 1.165) is 12.8 Å². The van der Waals surface area contributed by atoms with Crippen LogP contribution in [0.5, 0.6) is 0 Å². The number of aliphatic carboxylic acids is 2. The molecule has 1 amide bonds. The number of nitrogens with two attached hydrogens (primary N) is 2. The fraction of sp³-hybridized carbons (Fsp3) is 0.733. The minimum atomic E-state index is -0.979. The van der Waals surface area contributed by atoms with Crippen molar-refractivity contribution < 1.29 is 24.6 Å². The molecule has 0 saturated heterocycles. The molecule has 9 nitrogen and oxygen atoms in total. The van der Waals surface area contributed by atoms with Crippen molar-refractivity contribution in [1.82, 2.24) is 5.32 Å². The maximum absolute atomic E-state index is 11.7. The monoisotopic (exact) mass is 424 g/mol. The van der Waals surface area contributed by atoms with Gasteiger partial charge in [-0.05, 0) is 31.6 Å². The Labute approximate surface area is 155 Å². The quantitative estimate of drug-likeness (QED) is 0.231. The molecule has 0 fully saturated rings. The molecule has 25 heavy (non-hydrogen) atoms. The van der Waals surface area contributed by atoms with Crippen LogP contribution in [0, 0.1) is 5.92 Å². The standard InChI is InChI=1S/C12H21N3O3.C3H7NO2Se/c1-8-5-7-14-10(8)11(16)15-6-3-2-4-9(13)12(17)18;4-2(1-7)3(5)6/h7-10H,2-6,13H2,1H3,(H,15,16)(H,17,18);2,7H,1,4H2,(H,5,6)/t8-,9+,10-;2-/m10/s1. The number of hydrogen-bond acceptors (Lipinski definition) is 6. The van der Waals surface area contributed by atoms with E-state index in [1.807, 2.05) is 6.92 Å². The van der Waals surface area contributed by atoms with E-state index in [1.165, 1.54) is 0 Å². The van der Waals surface area contributed by atoms with Crippen LogP contribution in [-0.4, -0.2) is 75.0 Å². The minimum absolute atomic E-state index is 0.0428. The van der Waals surface area contributed by atoms with Gasteiger partial charge in [0.25, 0.3) is 0 Å². The number of hydrogen-bond donors (Lipinski definition) is 5. The van der Waals surface area contributed by atoms with E-state index in [2.05, 4.69) is 26.3 Å². The van der Waals surface area contributed by atoms with Crippen LogP contribution in [0.1, 0.15) is 32.6 Å². The van der Waals surface area contributed by atoms with Crippen LogP contribution in [0.4, 0.5) is 0 Å². The van der Waals surface area contributed by atoms with Crippen LogP contribution in [0.25, 0.3) is 0 Å². The molecule has 0 unspecified atom stereocenters. The Morgan fingerprint density at radius 2 is 1.84 bits per heavy atom. The number of carboxylic acids is 2. The van der Waals surface area contributed by atoms with Crippen LogP contribution in [0.15, 0.2) is 4.99 Å². The Hall–Kier alpha value is -1.48. The molecule has 0 aromatic rings. The van der Waals surface area contributed by atoms with E-state index < -0.39 is 24.0 Å². The van der Waals surface area contributed by atoms with E-state index in [4.69, 9.17) is 21.7 Å². The van der Waals surface area contributed by atoms with Crippen LogP contribution in [0.2, 0.25) is 5.32 Å². The van der Waals surface area contributed by atoms with E-state index in [-0.39, 0.29) is 17.9 Å². The maximum atomic E-state index is 11.7. The molecule has 0 aliphatic carbocycles. The number of nitrogens with one attached hydrogen (secondary N) is 1. The van der Waals surface area contributed by atoms with Crippen LogP contribution >= 0.6 is 0 Å². The van der Waals surface area contributed by atoms with Crippen LogP contribution < -0.4 is 16.8 Å². The number of carbonyl (C=O) groups is 3. The summed E-state index contributed by atoms with van der Waals surface area (Å²) in [5.74, 6) is -1.70. The molecule has 0 bridgehead atoms. The van der Waals surface area contributed by atoms with E-state index in [1.54, 1.807) is 6.21 Å². The number of nitrogens with zero attached hydrogens (tertiary/aromatic N) is 1. The van der Waals surface area contributed by atoms with Gasteiger partial charge in [-0.15, -0.1) is 0 Å². The van der Waals surface area contributed by atoms with Gasteiger partial charge >= 0.3 is 54.9 Å². The third kappa shape index (κ3) is 10.2. The van der Waals surface area contributed by atoms with E-state index in [9.17, 15) is 14.4 Å². The Morgan fingerprint density at radius 1 is 1.24 bits per heavy atom. The fourth-order valence-corrected chi connectivity index (χ4v) is 2.28. The summed E-state index contributed by atoms with van der Waals surface area (Å²) in [4.78, 5) is 36.1. The van der Waals surface area contributed by atoms with E-state index >= 15 is 0 Å². The molecule has 1 aliphatic heterocycles. The molecule has 4 atom stereocenters. The molecular formula is C15H28N4O5Se. The van der Waals surface area contributed by atoms with Crippen molar-refractivity contribution in [2.75, 3.05) is 6.54 Å². The van der Waals surface area contributed by atoms with Gasteiger partial charge in [0, 0.05) is 12.8 Å². The molecule has 1 heterocycles. The van der Waals surface area contributed by atoms with Crippen molar-refractivity contribution >= 4 is 40.1 Å². The SMILES string of the molecule is C[C@@H]1CC=N[C@H]1C(=O)NCCCC[C@H](N)C(=O)O.N[C@@H](C[SeH])C(=O)O. The molecule has 1 rings (SSSR count). The number of aliphatic imine (C=N–C) groups is 1. The molecule has 10 heteroatoms. The van der Waals surface area contributed by atoms with Gasteiger partial charge in [0.15, 0.2) is 0 Å². The zero-order valence-corrected chi connectivity index (χ0v) is 16.2. The van der Waals surface area contributed by atoms with Gasteiger partial charge in [0.2, 0.25) is 5.91 Å². The van der Waals surface area contributed by atoms with Crippen molar-refractivity contribution in [2.24, 2.45) is 22.4 Å². The predicted octanol–water partition coefficient (Wildman–Crippen LogP) is -1.12. The summed E-state index contributed by atoms with van der Waals surface area (Å²) < 4.78 is 0. The molecular weight excluding hydrogens is 395 g/mol. The average Bonchev–Trinajstić information content (AvgIpc) is 2.99. The predicted molar refractivity (Wildman–Crippen MR) is 96.1 cm³/mol. The molecule has 144 valence electrons. The Morgan fingerprint density at radius 3 is 2.24 bits per heavy atom. The third-order valence-electron chi connectivity index (χ3n) is 3.62.